The zero-order chi connectivity index (χ0) is 54.3. The highest BCUT2D eigenvalue weighted by Crippen LogP contribution is 2.41. The molecule has 2 amide bonds. The first-order chi connectivity index (χ1) is 38.9. The van der Waals surface area contributed by atoms with E-state index in [0.29, 0.717) is 51.0 Å². The van der Waals surface area contributed by atoms with Gasteiger partial charge in [-0.25, -0.2) is 0 Å². The van der Waals surface area contributed by atoms with Gasteiger partial charge in [-0.15, -0.1) is 0 Å². The number of nitrogens with zero attached hydrogens (tertiary/aromatic N) is 7. The van der Waals surface area contributed by atoms with Crippen molar-refractivity contribution < 1.29 is 19.4 Å². The van der Waals surface area contributed by atoms with E-state index < -0.39 is 11.2 Å². The van der Waals surface area contributed by atoms with Gasteiger partial charge < -0.3 is 40.5 Å². The third kappa shape index (κ3) is 10.2. The number of carbonyl (C=O) groups excluding carboxylic acids is 2. The van der Waals surface area contributed by atoms with Crippen molar-refractivity contribution in [2.24, 2.45) is 35.5 Å². The average Bonchev–Trinajstić information content (AvgIpc) is 4.47. The van der Waals surface area contributed by atoms with Crippen LogP contribution in [0.2, 0.25) is 0 Å². The number of fused-ring (bicyclic) bond motifs is 14. The molecule has 0 aliphatic carbocycles. The molecule has 2 aromatic rings. The van der Waals surface area contributed by atoms with Crippen molar-refractivity contribution in [1.29, 1.82) is 0 Å². The lowest BCUT2D eigenvalue weighted by Gasteiger charge is -2.48. The van der Waals surface area contributed by atoms with E-state index in [0.717, 1.165) is 139 Å². The number of hydrazine groups is 2. The number of hydrogen-bond donors (Lipinski definition) is 10. The van der Waals surface area contributed by atoms with E-state index in [1.165, 1.54) is 11.4 Å². The van der Waals surface area contributed by atoms with Crippen LogP contribution in [0.4, 0.5) is 22.7 Å². The molecular weight excluding hydrogens is 1010 g/mol. The quantitative estimate of drug-likeness (QED) is 0.165. The van der Waals surface area contributed by atoms with Gasteiger partial charge in [0.15, 0.2) is 0 Å². The van der Waals surface area contributed by atoms with Gasteiger partial charge in [0.05, 0.1) is 67.4 Å². The first kappa shape index (κ1) is 53.6. The smallest absolute Gasteiger partial charge is 0.244 e. The number of benzene rings is 2. The molecule has 20 nitrogen and oxygen atoms in total. The van der Waals surface area contributed by atoms with Gasteiger partial charge in [-0.3, -0.25) is 51.5 Å². The minimum Gasteiger partial charge on any atom is -0.389 e. The second-order valence-electron chi connectivity index (χ2n) is 26.4. The van der Waals surface area contributed by atoms with Crippen LogP contribution in [-0.4, -0.2) is 188 Å². The van der Waals surface area contributed by atoms with E-state index in [-0.39, 0.29) is 73.0 Å². The van der Waals surface area contributed by atoms with Crippen molar-refractivity contribution >= 4 is 34.6 Å². The molecule has 12 heterocycles. The van der Waals surface area contributed by atoms with Crippen molar-refractivity contribution in [2.75, 3.05) is 106 Å². The minimum absolute atomic E-state index is 0.0440. The normalized spacial score (nSPS) is 41.2. The Hall–Kier alpha value is -4.42. The van der Waals surface area contributed by atoms with Gasteiger partial charge in [-0.2, -0.15) is 10.0 Å². The van der Waals surface area contributed by atoms with Gasteiger partial charge in [0.25, 0.3) is 0 Å². The minimum atomic E-state index is -0.844. The van der Waals surface area contributed by atoms with Gasteiger partial charge in [-0.05, 0) is 151 Å². The summed E-state index contributed by atoms with van der Waals surface area (Å²) >= 11 is 0. The molecule has 0 spiro atoms. The molecule has 14 unspecified atom stereocenters. The second-order valence-corrected chi connectivity index (χ2v) is 26.4. The molecule has 12 aliphatic rings. The zero-order valence-electron chi connectivity index (χ0n) is 47.5. The number of rotatable bonds is 9. The predicted molar refractivity (Wildman–Crippen MR) is 310 cm³/mol. The summed E-state index contributed by atoms with van der Waals surface area (Å²) < 4.78 is 7.47. The number of aliphatic hydroxyl groups is 1. The molecule has 10 fully saturated rings. The highest BCUT2D eigenvalue weighted by atomic mass is 16.5. The average molecular weight is 1100 g/mol. The molecule has 0 saturated carbocycles. The summed E-state index contributed by atoms with van der Waals surface area (Å²) in [6.07, 6.45) is 16.4. The number of nitrogens with one attached hydrogen (secondary N) is 9. The molecule has 434 valence electrons. The van der Waals surface area contributed by atoms with Crippen molar-refractivity contribution in [2.45, 2.75) is 145 Å². The Balaban J connectivity index is 0.690. The Bertz CT molecular complexity index is 2620. The van der Waals surface area contributed by atoms with Crippen molar-refractivity contribution in [1.82, 2.24) is 62.2 Å². The third-order valence-electron chi connectivity index (χ3n) is 21.1. The number of ether oxygens (including phenoxy) is 1. The van der Waals surface area contributed by atoms with Crippen LogP contribution in [0.3, 0.4) is 0 Å². The Morgan fingerprint density at radius 1 is 0.625 bits per heavy atom. The van der Waals surface area contributed by atoms with Crippen LogP contribution in [-0.2, 0) is 20.9 Å². The van der Waals surface area contributed by atoms with Gasteiger partial charge >= 0.3 is 0 Å². The maximum atomic E-state index is 14.4. The summed E-state index contributed by atoms with van der Waals surface area (Å²) in [5.41, 5.74) is 4.30. The monoisotopic (exact) mass is 1100 g/mol. The number of amides is 2. The lowest BCUT2D eigenvalue weighted by Crippen LogP contribution is -2.69. The van der Waals surface area contributed by atoms with Crippen LogP contribution >= 0.6 is 0 Å². The van der Waals surface area contributed by atoms with Crippen molar-refractivity contribution in [3.05, 3.63) is 72.3 Å². The van der Waals surface area contributed by atoms with Gasteiger partial charge in [-0.1, -0.05) is 24.3 Å². The lowest BCUT2D eigenvalue weighted by atomic mass is 9.84. The van der Waals surface area contributed by atoms with E-state index in [9.17, 15) is 14.7 Å². The van der Waals surface area contributed by atoms with E-state index in [4.69, 9.17) is 4.74 Å². The topological polar surface area (TPSA) is 195 Å². The van der Waals surface area contributed by atoms with Gasteiger partial charge in [0, 0.05) is 106 Å². The molecule has 80 heavy (non-hydrogen) atoms. The molecule has 0 aromatic heterocycles. The summed E-state index contributed by atoms with van der Waals surface area (Å²) in [5.74, 6) is 2.64. The number of piperidine rings is 2. The van der Waals surface area contributed by atoms with Crippen LogP contribution in [0.5, 0.6) is 0 Å². The molecule has 14 rings (SSSR count). The van der Waals surface area contributed by atoms with Crippen molar-refractivity contribution in [3.63, 3.8) is 0 Å². The maximum Gasteiger partial charge on any atom is 0.244 e. The fraction of sp³-hybridized carbons (Fsp3) is 0.700. The fourth-order valence-corrected chi connectivity index (χ4v) is 16.5. The largest absolute Gasteiger partial charge is 0.389 e. The molecule has 10 saturated heterocycles. The van der Waals surface area contributed by atoms with Crippen LogP contribution in [0.15, 0.2) is 66.8 Å². The Kier molecular flexibility index (Phi) is 14.7. The number of anilines is 4. The molecule has 10 N–H and O–H groups in total. The Morgan fingerprint density at radius 2 is 1.19 bits per heavy atom. The summed E-state index contributed by atoms with van der Waals surface area (Å²) in [6, 6.07) is 15.8. The van der Waals surface area contributed by atoms with E-state index >= 15 is 0 Å². The molecule has 2 aromatic carbocycles. The maximum absolute atomic E-state index is 14.4. The molecule has 0 radical (unpaired) electrons. The van der Waals surface area contributed by atoms with Crippen LogP contribution in [0, 0.1) is 35.5 Å². The van der Waals surface area contributed by atoms with E-state index in [2.05, 4.69) is 153 Å². The number of carbonyl (C=O) groups is 2. The SMILES string of the molecule is CN1CC2CN(c3ccc(NC4NCC5C(=O)N6C/C=C\CC[C@@](C)(O)C7CCCC(N7)N6C5N4)c(CO[C@]4(C)CC/C=C\CN5C(=O)C6CNC(Nc7ccc(N8CC9CNCC9C8)cc7)NC6N5C5CCCC4N5)c3)CC2C1. The first-order valence-corrected chi connectivity index (χ1v) is 30.9. The molecular formula is C60H90N16O4. The Morgan fingerprint density at radius 3 is 1.84 bits per heavy atom. The molecule has 12 aliphatic heterocycles. The van der Waals surface area contributed by atoms with Gasteiger partial charge in [0.2, 0.25) is 11.8 Å². The van der Waals surface area contributed by atoms with E-state index in [1.807, 2.05) is 16.9 Å². The highest BCUT2D eigenvalue weighted by molar-refractivity contribution is 5.82. The summed E-state index contributed by atoms with van der Waals surface area (Å²) in [5, 5.41) is 54.4. The zero-order valence-corrected chi connectivity index (χ0v) is 47.5. The van der Waals surface area contributed by atoms with Gasteiger partial charge in [0.1, 0.15) is 12.6 Å². The number of likely N-dealkylation sites (tertiary alicyclic amines) is 1. The standard InChI is InChI=1S/C60H90N16O4/c1-59(79)22-6-4-8-24-73-56(78)47-30-63-58(69-54(47)75(73)51-14-10-12-49(59)66-51)65-48-21-20-45(72-35-41-31-70(3)32-42(41)36-72)26-38(48)37-80-60(2)23-7-5-9-25-74-55(77)46-29-62-57(68-53(46)76(74)52-15-11-13-50(60)67-52)64-43-16-18-44(19-17-43)71-33-39-27-61-28-40(39)34-71/h4-5,8-9,16-21,26,39-42,46-47,49-54,57-58,61-69,79H,6-7,10-15,22-25,27-37H2,1-3H3/b8-4-,9-5-/t39?,40?,41?,42?,46?,47?,49?,50?,51?,52?,53?,54?,57?,58?,59-,60-/m1/s1. The van der Waals surface area contributed by atoms with Crippen molar-refractivity contribution in [3.8, 4) is 0 Å². The van der Waals surface area contributed by atoms with Crippen LogP contribution in [0.25, 0.3) is 0 Å². The summed E-state index contributed by atoms with van der Waals surface area (Å²) in [4.78, 5) is 36.4. The number of hydrogen-bond acceptors (Lipinski definition) is 18. The number of allylic oxidation sites excluding steroid dienone is 2. The summed E-state index contributed by atoms with van der Waals surface area (Å²) in [6.45, 7) is 15.7. The molecule has 4 bridgehead atoms. The molecule has 20 heteroatoms. The predicted octanol–water partition coefficient (Wildman–Crippen LogP) is 2.48. The fourth-order valence-electron chi connectivity index (χ4n) is 16.5. The Labute approximate surface area is 473 Å². The van der Waals surface area contributed by atoms with Crippen LogP contribution < -0.4 is 57.7 Å². The van der Waals surface area contributed by atoms with Crippen LogP contribution in [0.1, 0.15) is 83.6 Å². The van der Waals surface area contributed by atoms with E-state index in [1.54, 1.807) is 0 Å². The first-order valence-electron chi connectivity index (χ1n) is 30.9. The lowest BCUT2D eigenvalue weighted by molar-refractivity contribution is -0.148. The third-order valence-corrected chi connectivity index (χ3v) is 21.1. The highest BCUT2D eigenvalue weighted by Gasteiger charge is 2.55. The molecule has 16 atom stereocenters. The second kappa shape index (κ2) is 22.0. The summed E-state index contributed by atoms with van der Waals surface area (Å²) in [7, 11) is 2.25.